The zero-order valence-corrected chi connectivity index (χ0v) is 9.67. The van der Waals surface area contributed by atoms with Crippen molar-refractivity contribution in [2.45, 2.75) is 25.2 Å². The minimum Gasteiger partial charge on any atom is -0.263 e. The molecule has 0 aliphatic heterocycles. The lowest BCUT2D eigenvalue weighted by Crippen LogP contribution is -1.93. The first kappa shape index (κ1) is 10.9. The summed E-state index contributed by atoms with van der Waals surface area (Å²) in [7, 11) is 0. The largest absolute Gasteiger partial charge is 0.269 e. The number of hydrogen-bond acceptors (Lipinski definition) is 4. The lowest BCUT2D eigenvalue weighted by atomic mass is 10.1. The van der Waals surface area contributed by atoms with Crippen molar-refractivity contribution in [1.82, 2.24) is 15.2 Å². The van der Waals surface area contributed by atoms with Crippen LogP contribution < -0.4 is 0 Å². The standard InChI is InChI=1S/C12H12N4O2/c17-16(18)10-5-1-8(2-6-10)7-11-13-12(15-14-11)9-3-4-9/h1-2,5-6,9H,3-4,7H2,(H,13,14,15). The van der Waals surface area contributed by atoms with E-state index in [9.17, 15) is 10.1 Å². The molecule has 3 rings (SSSR count). The normalized spacial score (nSPS) is 14.7. The summed E-state index contributed by atoms with van der Waals surface area (Å²) >= 11 is 0. The smallest absolute Gasteiger partial charge is 0.263 e. The molecular weight excluding hydrogens is 232 g/mol. The van der Waals surface area contributed by atoms with Gasteiger partial charge in [-0.3, -0.25) is 15.2 Å². The molecule has 1 heterocycles. The van der Waals surface area contributed by atoms with Gasteiger partial charge in [-0.05, 0) is 18.4 Å². The summed E-state index contributed by atoms with van der Waals surface area (Å²) < 4.78 is 0. The lowest BCUT2D eigenvalue weighted by molar-refractivity contribution is -0.384. The van der Waals surface area contributed by atoms with Crippen LogP contribution in [-0.2, 0) is 6.42 Å². The molecule has 0 unspecified atom stereocenters. The molecule has 0 bridgehead atoms. The van der Waals surface area contributed by atoms with Gasteiger partial charge in [-0.25, -0.2) is 4.98 Å². The molecule has 92 valence electrons. The molecule has 0 amide bonds. The van der Waals surface area contributed by atoms with E-state index in [0.29, 0.717) is 12.3 Å². The quantitative estimate of drug-likeness (QED) is 0.659. The van der Waals surface area contributed by atoms with Gasteiger partial charge >= 0.3 is 0 Å². The number of nitro groups is 1. The first-order chi connectivity index (χ1) is 8.72. The summed E-state index contributed by atoms with van der Waals surface area (Å²) in [6, 6.07) is 6.51. The number of nitro benzene ring substituents is 1. The Hall–Kier alpha value is -2.24. The Morgan fingerprint density at radius 3 is 2.67 bits per heavy atom. The number of nitrogens with zero attached hydrogens (tertiary/aromatic N) is 3. The highest BCUT2D eigenvalue weighted by atomic mass is 16.6. The van der Waals surface area contributed by atoms with Crippen LogP contribution >= 0.6 is 0 Å². The van der Waals surface area contributed by atoms with Crippen LogP contribution in [0.5, 0.6) is 0 Å². The van der Waals surface area contributed by atoms with Crippen molar-refractivity contribution in [3.8, 4) is 0 Å². The molecule has 2 aromatic rings. The van der Waals surface area contributed by atoms with Crippen molar-refractivity contribution in [2.75, 3.05) is 0 Å². The van der Waals surface area contributed by atoms with E-state index in [1.165, 1.54) is 25.0 Å². The Bertz CT molecular complexity index is 572. The molecule has 1 aromatic heterocycles. The number of H-pyrrole nitrogens is 1. The van der Waals surface area contributed by atoms with Crippen LogP contribution in [0.2, 0.25) is 0 Å². The summed E-state index contributed by atoms with van der Waals surface area (Å²) in [5, 5.41) is 17.6. The average molecular weight is 244 g/mol. The zero-order chi connectivity index (χ0) is 12.5. The van der Waals surface area contributed by atoms with Gasteiger partial charge in [0.1, 0.15) is 5.82 Å². The van der Waals surface area contributed by atoms with Gasteiger partial charge in [0.05, 0.1) is 4.92 Å². The summed E-state index contributed by atoms with van der Waals surface area (Å²) in [5.74, 6) is 2.24. The van der Waals surface area contributed by atoms with Crippen molar-refractivity contribution < 1.29 is 4.92 Å². The number of hydrogen-bond donors (Lipinski definition) is 1. The third-order valence-electron chi connectivity index (χ3n) is 3.01. The van der Waals surface area contributed by atoms with Crippen molar-refractivity contribution in [1.29, 1.82) is 0 Å². The fourth-order valence-electron chi connectivity index (χ4n) is 1.84. The monoisotopic (exact) mass is 244 g/mol. The molecule has 1 saturated carbocycles. The number of rotatable bonds is 4. The number of benzene rings is 1. The number of aromatic nitrogens is 3. The fourth-order valence-corrected chi connectivity index (χ4v) is 1.84. The molecule has 0 saturated heterocycles. The summed E-state index contributed by atoms with van der Waals surface area (Å²) in [6.45, 7) is 0. The third kappa shape index (κ3) is 2.22. The second-order valence-electron chi connectivity index (χ2n) is 4.51. The minimum atomic E-state index is -0.399. The highest BCUT2D eigenvalue weighted by molar-refractivity contribution is 5.33. The topological polar surface area (TPSA) is 84.7 Å². The second kappa shape index (κ2) is 4.21. The molecule has 1 N–H and O–H groups in total. The van der Waals surface area contributed by atoms with Gasteiger partial charge in [-0.1, -0.05) is 12.1 Å². The maximum atomic E-state index is 10.5. The molecular formula is C12H12N4O2. The van der Waals surface area contributed by atoms with Crippen LogP contribution in [-0.4, -0.2) is 20.1 Å². The SMILES string of the molecule is O=[N+]([O-])c1ccc(Cc2nc(C3CC3)n[nH]2)cc1. The van der Waals surface area contributed by atoms with Crippen molar-refractivity contribution >= 4 is 5.69 Å². The summed E-state index contributed by atoms with van der Waals surface area (Å²) in [5.41, 5.74) is 1.09. The Morgan fingerprint density at radius 1 is 1.33 bits per heavy atom. The van der Waals surface area contributed by atoms with Crippen molar-refractivity contribution in [3.05, 3.63) is 51.6 Å². The van der Waals surface area contributed by atoms with Gasteiger partial charge in [-0.2, -0.15) is 5.10 Å². The van der Waals surface area contributed by atoms with Gasteiger partial charge in [0.15, 0.2) is 5.82 Å². The van der Waals surface area contributed by atoms with E-state index >= 15 is 0 Å². The van der Waals surface area contributed by atoms with E-state index in [1.807, 2.05) is 0 Å². The maximum Gasteiger partial charge on any atom is 0.269 e. The molecule has 18 heavy (non-hydrogen) atoms. The second-order valence-corrected chi connectivity index (χ2v) is 4.51. The highest BCUT2D eigenvalue weighted by Gasteiger charge is 2.27. The molecule has 0 atom stereocenters. The van der Waals surface area contributed by atoms with E-state index in [1.54, 1.807) is 12.1 Å². The molecule has 0 radical (unpaired) electrons. The van der Waals surface area contributed by atoms with Crippen LogP contribution in [0.3, 0.4) is 0 Å². The fraction of sp³-hybridized carbons (Fsp3) is 0.333. The van der Waals surface area contributed by atoms with Gasteiger partial charge in [0.2, 0.25) is 0 Å². The van der Waals surface area contributed by atoms with E-state index in [0.717, 1.165) is 17.2 Å². The first-order valence-electron chi connectivity index (χ1n) is 5.87. The van der Waals surface area contributed by atoms with Crippen LogP contribution in [0.4, 0.5) is 5.69 Å². The predicted octanol–water partition coefficient (Wildman–Crippen LogP) is 2.18. The molecule has 6 heteroatoms. The number of aromatic amines is 1. The zero-order valence-electron chi connectivity index (χ0n) is 9.67. The first-order valence-corrected chi connectivity index (χ1v) is 5.87. The van der Waals surface area contributed by atoms with Crippen molar-refractivity contribution in [2.24, 2.45) is 0 Å². The van der Waals surface area contributed by atoms with Gasteiger partial charge < -0.3 is 0 Å². The number of nitrogens with one attached hydrogen (secondary N) is 1. The van der Waals surface area contributed by atoms with Gasteiger partial charge in [0, 0.05) is 24.5 Å². The van der Waals surface area contributed by atoms with E-state index in [-0.39, 0.29) is 5.69 Å². The lowest BCUT2D eigenvalue weighted by Gasteiger charge is -1.97. The summed E-state index contributed by atoms with van der Waals surface area (Å²) in [4.78, 5) is 14.6. The third-order valence-corrected chi connectivity index (χ3v) is 3.01. The number of non-ortho nitro benzene ring substituents is 1. The van der Waals surface area contributed by atoms with E-state index in [2.05, 4.69) is 15.2 Å². The Balaban J connectivity index is 1.72. The molecule has 1 aliphatic rings. The molecule has 6 nitrogen and oxygen atoms in total. The van der Waals surface area contributed by atoms with Crippen LogP contribution in [0, 0.1) is 10.1 Å². The van der Waals surface area contributed by atoms with Gasteiger partial charge in [-0.15, -0.1) is 0 Å². The Labute approximate surface area is 103 Å². The molecule has 0 spiro atoms. The predicted molar refractivity (Wildman–Crippen MR) is 64.3 cm³/mol. The van der Waals surface area contributed by atoms with Crippen LogP contribution in [0.1, 0.15) is 36.0 Å². The van der Waals surface area contributed by atoms with Crippen LogP contribution in [0.25, 0.3) is 0 Å². The average Bonchev–Trinajstić information content (AvgIpc) is 3.11. The van der Waals surface area contributed by atoms with Crippen molar-refractivity contribution in [3.63, 3.8) is 0 Å². The Morgan fingerprint density at radius 2 is 2.06 bits per heavy atom. The Kier molecular flexibility index (Phi) is 2.55. The maximum absolute atomic E-state index is 10.5. The van der Waals surface area contributed by atoms with E-state index in [4.69, 9.17) is 0 Å². The summed E-state index contributed by atoms with van der Waals surface area (Å²) in [6.07, 6.45) is 2.97. The van der Waals surface area contributed by atoms with Crippen LogP contribution in [0.15, 0.2) is 24.3 Å². The molecule has 1 aromatic carbocycles. The highest BCUT2D eigenvalue weighted by Crippen LogP contribution is 2.37. The van der Waals surface area contributed by atoms with E-state index < -0.39 is 4.92 Å². The van der Waals surface area contributed by atoms with Gasteiger partial charge in [0.25, 0.3) is 5.69 Å². The minimum absolute atomic E-state index is 0.106. The molecule has 1 fully saturated rings. The molecule has 1 aliphatic carbocycles.